The van der Waals surface area contributed by atoms with Gasteiger partial charge in [0, 0.05) is 13.1 Å². The monoisotopic (exact) mass is 515 g/mol. The van der Waals surface area contributed by atoms with Crippen molar-refractivity contribution in [3.63, 3.8) is 0 Å². The Morgan fingerprint density at radius 2 is 1.86 bits per heavy atom. The Labute approximate surface area is 217 Å². The molecule has 1 amide bonds. The maximum Gasteiger partial charge on any atom is 0.290 e. The number of aromatic nitrogens is 1. The number of carbonyl (C=O) groups is 2. The average molecular weight is 516 g/mol. The van der Waals surface area contributed by atoms with E-state index in [0.29, 0.717) is 53.9 Å². The van der Waals surface area contributed by atoms with E-state index in [1.165, 1.54) is 11.3 Å². The zero-order valence-corrected chi connectivity index (χ0v) is 22.9. The van der Waals surface area contributed by atoms with Gasteiger partial charge in [-0.15, -0.1) is 11.3 Å². The van der Waals surface area contributed by atoms with Crippen LogP contribution in [0.25, 0.3) is 0 Å². The molecule has 0 spiro atoms. The minimum Gasteiger partial charge on any atom is -0.503 e. The van der Waals surface area contributed by atoms with Crippen molar-refractivity contribution in [1.29, 1.82) is 0 Å². The molecule has 0 bridgehead atoms. The van der Waals surface area contributed by atoms with E-state index in [-0.39, 0.29) is 11.4 Å². The van der Waals surface area contributed by atoms with Gasteiger partial charge in [-0.05, 0) is 58.0 Å². The van der Waals surface area contributed by atoms with Gasteiger partial charge in [0.2, 0.25) is 5.78 Å². The Morgan fingerprint density at radius 3 is 2.44 bits per heavy atom. The average Bonchev–Trinajstić information content (AvgIpc) is 3.33. The number of benzene rings is 1. The van der Waals surface area contributed by atoms with Gasteiger partial charge in [-0.3, -0.25) is 9.59 Å². The third-order valence-corrected chi connectivity index (χ3v) is 7.33. The first kappa shape index (κ1) is 27.7. The van der Waals surface area contributed by atoms with E-state index in [9.17, 15) is 14.7 Å². The van der Waals surface area contributed by atoms with Crippen LogP contribution < -0.4 is 9.47 Å². The molecule has 2 aromatic rings. The molecular formula is C27H37N3O5S. The van der Waals surface area contributed by atoms with Crippen molar-refractivity contribution in [2.75, 3.05) is 39.4 Å². The van der Waals surface area contributed by atoms with Crippen molar-refractivity contribution in [2.45, 2.75) is 54.0 Å². The molecule has 1 aliphatic heterocycles. The van der Waals surface area contributed by atoms with Crippen LogP contribution in [0.15, 0.2) is 29.5 Å². The number of thiazole rings is 1. The molecule has 0 aliphatic carbocycles. The number of Topliss-reactive ketones (excluding diaryl/α,β-unsaturated/α-hetero) is 1. The zero-order valence-electron chi connectivity index (χ0n) is 22.1. The Kier molecular flexibility index (Phi) is 9.50. The van der Waals surface area contributed by atoms with Crippen molar-refractivity contribution in [2.24, 2.45) is 0 Å². The molecular weight excluding hydrogens is 478 g/mol. The fourth-order valence-corrected chi connectivity index (χ4v) is 5.28. The molecule has 1 aromatic heterocycles. The lowest BCUT2D eigenvalue weighted by Gasteiger charge is -2.29. The number of hydrogen-bond acceptors (Lipinski definition) is 8. The molecule has 0 radical (unpaired) electrons. The largest absolute Gasteiger partial charge is 0.503 e. The number of likely N-dealkylation sites (N-methyl/N-ethyl adjacent to an activating group) is 1. The summed E-state index contributed by atoms with van der Waals surface area (Å²) in [4.78, 5) is 35.7. The maximum absolute atomic E-state index is 13.7. The van der Waals surface area contributed by atoms with Crippen LogP contribution in [-0.4, -0.2) is 71.0 Å². The molecule has 196 valence electrons. The van der Waals surface area contributed by atoms with E-state index in [1.807, 2.05) is 39.0 Å². The summed E-state index contributed by atoms with van der Waals surface area (Å²) < 4.78 is 11.7. The fourth-order valence-electron chi connectivity index (χ4n) is 4.41. The van der Waals surface area contributed by atoms with Crippen molar-refractivity contribution in [3.8, 4) is 11.5 Å². The highest BCUT2D eigenvalue weighted by atomic mass is 32.1. The summed E-state index contributed by atoms with van der Waals surface area (Å²) in [6.45, 7) is 15.3. The van der Waals surface area contributed by atoms with Crippen LogP contribution in [0.1, 0.15) is 66.1 Å². The lowest BCUT2D eigenvalue weighted by molar-refractivity contribution is -0.129. The van der Waals surface area contributed by atoms with E-state index in [2.05, 4.69) is 23.7 Å². The van der Waals surface area contributed by atoms with Crippen LogP contribution in [0.3, 0.4) is 0 Å². The number of hydrogen-bond donors (Lipinski definition) is 1. The summed E-state index contributed by atoms with van der Waals surface area (Å²) in [6.07, 6.45) is 0.854. The smallest absolute Gasteiger partial charge is 0.290 e. The number of amides is 1. The molecule has 3 rings (SSSR count). The number of nitrogens with zero attached hydrogens (tertiary/aromatic N) is 3. The van der Waals surface area contributed by atoms with Gasteiger partial charge in [0.25, 0.3) is 5.91 Å². The predicted octanol–water partition coefficient (Wildman–Crippen LogP) is 4.87. The SMILES string of the molecule is CCCOc1ccc(C2C(C(=O)c3sc(C)nc3C)=C(O)C(=O)N2CCN(CC)CC)cc1OCC. The Bertz CT molecular complexity index is 1120. The quantitative estimate of drug-likeness (QED) is 0.381. The van der Waals surface area contributed by atoms with Gasteiger partial charge in [0.1, 0.15) is 0 Å². The summed E-state index contributed by atoms with van der Waals surface area (Å²) in [5.74, 6) is -0.263. The highest BCUT2D eigenvalue weighted by Gasteiger charge is 2.44. The third-order valence-electron chi connectivity index (χ3n) is 6.25. The third kappa shape index (κ3) is 5.73. The number of aliphatic hydroxyl groups is 1. The highest BCUT2D eigenvalue weighted by Crippen LogP contribution is 2.42. The van der Waals surface area contributed by atoms with Crippen LogP contribution >= 0.6 is 11.3 Å². The van der Waals surface area contributed by atoms with Gasteiger partial charge >= 0.3 is 0 Å². The standard InChI is InChI=1S/C27H37N3O5S/c1-7-15-35-20-12-11-19(16-21(20)34-10-4)23-22(24(31)26-17(5)28-18(6)36-26)25(32)27(33)30(23)14-13-29(8-2)9-3/h11-12,16,23,32H,7-10,13-15H2,1-6H3. The van der Waals surface area contributed by atoms with E-state index < -0.39 is 17.7 Å². The summed E-state index contributed by atoms with van der Waals surface area (Å²) in [6, 6.07) is 4.71. The molecule has 1 aromatic carbocycles. The second-order valence-corrected chi connectivity index (χ2v) is 9.86. The molecule has 8 nitrogen and oxygen atoms in total. The van der Waals surface area contributed by atoms with Crippen LogP contribution in [0.2, 0.25) is 0 Å². The van der Waals surface area contributed by atoms with Crippen molar-refractivity contribution in [1.82, 2.24) is 14.8 Å². The molecule has 0 saturated heterocycles. The summed E-state index contributed by atoms with van der Waals surface area (Å²) in [7, 11) is 0. The number of aryl methyl sites for hydroxylation is 2. The fraction of sp³-hybridized carbons (Fsp3) is 0.519. The minimum atomic E-state index is -0.748. The topological polar surface area (TPSA) is 92.2 Å². The van der Waals surface area contributed by atoms with Gasteiger partial charge in [0.05, 0.1) is 40.4 Å². The first-order valence-electron chi connectivity index (χ1n) is 12.6. The van der Waals surface area contributed by atoms with Crippen LogP contribution in [-0.2, 0) is 4.79 Å². The van der Waals surface area contributed by atoms with Crippen LogP contribution in [0.4, 0.5) is 0 Å². The molecule has 0 fully saturated rings. The van der Waals surface area contributed by atoms with Gasteiger partial charge in [0.15, 0.2) is 17.3 Å². The van der Waals surface area contributed by atoms with Gasteiger partial charge in [-0.2, -0.15) is 0 Å². The predicted molar refractivity (Wildman–Crippen MR) is 141 cm³/mol. The van der Waals surface area contributed by atoms with Crippen molar-refractivity contribution in [3.05, 3.63) is 50.7 Å². The normalized spacial score (nSPS) is 15.8. The van der Waals surface area contributed by atoms with E-state index in [0.717, 1.165) is 24.5 Å². The van der Waals surface area contributed by atoms with E-state index in [4.69, 9.17) is 9.47 Å². The second kappa shape index (κ2) is 12.4. The lowest BCUT2D eigenvalue weighted by atomic mass is 9.94. The summed E-state index contributed by atoms with van der Waals surface area (Å²) in [5, 5.41) is 11.8. The summed E-state index contributed by atoms with van der Waals surface area (Å²) in [5.41, 5.74) is 1.35. The number of ketones is 1. The van der Waals surface area contributed by atoms with E-state index >= 15 is 0 Å². The number of rotatable bonds is 13. The first-order chi connectivity index (χ1) is 17.3. The van der Waals surface area contributed by atoms with Crippen molar-refractivity contribution < 1.29 is 24.2 Å². The zero-order chi connectivity index (χ0) is 26.4. The number of carbonyl (C=O) groups excluding carboxylic acids is 2. The first-order valence-corrected chi connectivity index (χ1v) is 13.4. The molecule has 1 unspecified atom stereocenters. The molecule has 1 aliphatic rings. The van der Waals surface area contributed by atoms with Crippen LogP contribution in [0, 0.1) is 13.8 Å². The van der Waals surface area contributed by atoms with Gasteiger partial charge in [-0.1, -0.05) is 26.8 Å². The molecule has 9 heteroatoms. The Hall–Kier alpha value is -2.91. The maximum atomic E-state index is 13.7. The number of aliphatic hydroxyl groups excluding tert-OH is 1. The Balaban J connectivity index is 2.09. The summed E-state index contributed by atoms with van der Waals surface area (Å²) >= 11 is 1.27. The van der Waals surface area contributed by atoms with Gasteiger partial charge in [-0.25, -0.2) is 4.98 Å². The molecule has 0 saturated carbocycles. The minimum absolute atomic E-state index is 0.0796. The number of ether oxygens (including phenoxy) is 2. The molecule has 1 atom stereocenters. The van der Waals surface area contributed by atoms with Crippen LogP contribution in [0.5, 0.6) is 11.5 Å². The van der Waals surface area contributed by atoms with Crippen molar-refractivity contribution >= 4 is 23.0 Å². The second-order valence-electron chi connectivity index (χ2n) is 8.65. The van der Waals surface area contributed by atoms with Gasteiger partial charge < -0.3 is 24.4 Å². The highest BCUT2D eigenvalue weighted by molar-refractivity contribution is 7.14. The van der Waals surface area contributed by atoms with E-state index in [1.54, 1.807) is 11.8 Å². The molecule has 2 heterocycles. The Morgan fingerprint density at radius 1 is 1.14 bits per heavy atom. The molecule has 36 heavy (non-hydrogen) atoms. The molecule has 1 N–H and O–H groups in total. The lowest BCUT2D eigenvalue weighted by Crippen LogP contribution is -2.38.